The number of ether oxygens (including phenoxy) is 1. The molecule has 0 bridgehead atoms. The monoisotopic (exact) mass is 226 g/mol. The third-order valence-electron chi connectivity index (χ3n) is 2.51. The molecule has 3 heteroatoms. The van der Waals surface area contributed by atoms with Crippen molar-refractivity contribution in [2.45, 2.75) is 19.8 Å². The molecule has 2 aromatic rings. The van der Waals surface area contributed by atoms with Crippen molar-refractivity contribution in [1.29, 1.82) is 5.26 Å². The van der Waals surface area contributed by atoms with Crippen LogP contribution in [-0.4, -0.2) is 11.6 Å². The Balaban J connectivity index is 2.22. The van der Waals surface area contributed by atoms with Crippen molar-refractivity contribution in [2.75, 3.05) is 6.61 Å². The van der Waals surface area contributed by atoms with Gasteiger partial charge in [-0.1, -0.05) is 18.2 Å². The number of rotatable bonds is 4. The smallest absolute Gasteiger partial charge is 0.145 e. The van der Waals surface area contributed by atoms with Gasteiger partial charge in [0.25, 0.3) is 0 Å². The molecule has 0 aliphatic rings. The molecule has 0 aliphatic carbocycles. The van der Waals surface area contributed by atoms with E-state index in [0.29, 0.717) is 13.0 Å². The first-order valence-corrected chi connectivity index (χ1v) is 5.67. The normalized spacial score (nSPS) is 10.1. The zero-order valence-corrected chi connectivity index (χ0v) is 9.81. The highest BCUT2D eigenvalue weighted by Crippen LogP contribution is 2.23. The molecule has 0 radical (unpaired) electrons. The minimum atomic E-state index is 0.525. The molecule has 86 valence electrons. The van der Waals surface area contributed by atoms with E-state index in [1.807, 2.05) is 37.3 Å². The molecule has 1 aromatic carbocycles. The van der Waals surface area contributed by atoms with Crippen molar-refractivity contribution in [3.8, 4) is 11.8 Å². The van der Waals surface area contributed by atoms with E-state index in [9.17, 15) is 0 Å². The van der Waals surface area contributed by atoms with E-state index in [-0.39, 0.29) is 0 Å². The maximum Gasteiger partial charge on any atom is 0.145 e. The van der Waals surface area contributed by atoms with Crippen LogP contribution in [0.1, 0.15) is 18.5 Å². The van der Waals surface area contributed by atoms with Crippen molar-refractivity contribution in [1.82, 2.24) is 4.98 Å². The van der Waals surface area contributed by atoms with Gasteiger partial charge in [-0.05, 0) is 25.5 Å². The predicted molar refractivity (Wildman–Crippen MR) is 66.8 cm³/mol. The summed E-state index contributed by atoms with van der Waals surface area (Å²) in [5, 5.41) is 9.53. The van der Waals surface area contributed by atoms with E-state index < -0.39 is 0 Å². The predicted octanol–water partition coefficient (Wildman–Crippen LogP) is 3.23. The Labute approximate surface area is 101 Å². The summed E-state index contributed by atoms with van der Waals surface area (Å²) in [6.45, 7) is 2.52. The van der Waals surface area contributed by atoms with E-state index in [0.717, 1.165) is 28.8 Å². The van der Waals surface area contributed by atoms with Crippen molar-refractivity contribution in [3.63, 3.8) is 0 Å². The second kappa shape index (κ2) is 5.31. The molecule has 0 aliphatic heterocycles. The van der Waals surface area contributed by atoms with Gasteiger partial charge in [0.05, 0.1) is 12.7 Å². The van der Waals surface area contributed by atoms with E-state index in [1.165, 1.54) is 0 Å². The van der Waals surface area contributed by atoms with Gasteiger partial charge in [0.1, 0.15) is 11.3 Å². The third-order valence-corrected chi connectivity index (χ3v) is 2.51. The standard InChI is InChI=1S/C14H14N2O/c1-11-7-8-12-5-4-6-13(14(12)16-11)17-10-3-2-9-15/h4-8H,2-3,10H2,1H3. The van der Waals surface area contributed by atoms with E-state index in [2.05, 4.69) is 11.1 Å². The topological polar surface area (TPSA) is 45.9 Å². The zero-order chi connectivity index (χ0) is 12.1. The van der Waals surface area contributed by atoms with Gasteiger partial charge in [-0.2, -0.15) is 5.26 Å². The summed E-state index contributed by atoms with van der Waals surface area (Å²) in [5.41, 5.74) is 1.87. The van der Waals surface area contributed by atoms with Gasteiger partial charge in [-0.25, -0.2) is 4.98 Å². The van der Waals surface area contributed by atoms with E-state index >= 15 is 0 Å². The third kappa shape index (κ3) is 2.73. The van der Waals surface area contributed by atoms with Crippen LogP contribution in [0.3, 0.4) is 0 Å². The summed E-state index contributed by atoms with van der Waals surface area (Å²) in [7, 11) is 0. The molecule has 1 heterocycles. The van der Waals surface area contributed by atoms with Crippen molar-refractivity contribution >= 4 is 10.9 Å². The molecule has 2 rings (SSSR count). The second-order valence-corrected chi connectivity index (χ2v) is 3.89. The summed E-state index contributed by atoms with van der Waals surface area (Å²) in [6.07, 6.45) is 1.27. The molecule has 0 spiro atoms. The highest BCUT2D eigenvalue weighted by molar-refractivity contribution is 5.84. The number of aryl methyl sites for hydroxylation is 1. The second-order valence-electron chi connectivity index (χ2n) is 3.89. The van der Waals surface area contributed by atoms with Crippen LogP contribution in [0.4, 0.5) is 0 Å². The van der Waals surface area contributed by atoms with Crippen LogP contribution in [-0.2, 0) is 0 Å². The van der Waals surface area contributed by atoms with Gasteiger partial charge >= 0.3 is 0 Å². The molecule has 0 atom stereocenters. The summed E-state index contributed by atoms with van der Waals surface area (Å²) < 4.78 is 5.66. The fourth-order valence-electron chi connectivity index (χ4n) is 1.67. The van der Waals surface area contributed by atoms with Gasteiger partial charge in [0, 0.05) is 17.5 Å². The number of benzene rings is 1. The van der Waals surface area contributed by atoms with Crippen molar-refractivity contribution in [2.24, 2.45) is 0 Å². The van der Waals surface area contributed by atoms with Gasteiger partial charge in [0.2, 0.25) is 0 Å². The first kappa shape index (κ1) is 11.4. The minimum absolute atomic E-state index is 0.525. The number of para-hydroxylation sites is 1. The number of hydrogen-bond acceptors (Lipinski definition) is 3. The lowest BCUT2D eigenvalue weighted by Gasteiger charge is -2.08. The zero-order valence-electron chi connectivity index (χ0n) is 9.81. The van der Waals surface area contributed by atoms with E-state index in [4.69, 9.17) is 10.00 Å². The van der Waals surface area contributed by atoms with Gasteiger partial charge < -0.3 is 4.74 Å². The Morgan fingerprint density at radius 2 is 2.18 bits per heavy atom. The van der Waals surface area contributed by atoms with Crippen LogP contribution in [0.25, 0.3) is 10.9 Å². The number of unbranched alkanes of at least 4 members (excludes halogenated alkanes) is 1. The summed E-state index contributed by atoms with van der Waals surface area (Å²) in [5.74, 6) is 0.795. The Kier molecular flexibility index (Phi) is 3.56. The highest BCUT2D eigenvalue weighted by Gasteiger charge is 2.03. The molecule has 17 heavy (non-hydrogen) atoms. The van der Waals surface area contributed by atoms with Crippen molar-refractivity contribution < 1.29 is 4.74 Å². The number of fused-ring (bicyclic) bond motifs is 1. The lowest BCUT2D eigenvalue weighted by molar-refractivity contribution is 0.315. The Morgan fingerprint density at radius 1 is 1.29 bits per heavy atom. The molecule has 0 saturated carbocycles. The molecule has 0 saturated heterocycles. The summed E-state index contributed by atoms with van der Waals surface area (Å²) in [4.78, 5) is 4.48. The summed E-state index contributed by atoms with van der Waals surface area (Å²) in [6, 6.07) is 12.0. The fraction of sp³-hybridized carbons (Fsp3) is 0.286. The summed E-state index contributed by atoms with van der Waals surface area (Å²) >= 11 is 0. The molecule has 0 fully saturated rings. The van der Waals surface area contributed by atoms with E-state index in [1.54, 1.807) is 0 Å². The van der Waals surface area contributed by atoms with Crippen LogP contribution in [0.15, 0.2) is 30.3 Å². The Bertz CT molecular complexity index is 558. The first-order valence-electron chi connectivity index (χ1n) is 5.67. The maximum atomic E-state index is 8.45. The average Bonchev–Trinajstić information content (AvgIpc) is 2.35. The van der Waals surface area contributed by atoms with Gasteiger partial charge in [0.15, 0.2) is 0 Å². The van der Waals surface area contributed by atoms with Crippen LogP contribution < -0.4 is 4.74 Å². The average molecular weight is 226 g/mol. The molecule has 0 N–H and O–H groups in total. The fourth-order valence-corrected chi connectivity index (χ4v) is 1.67. The van der Waals surface area contributed by atoms with Crippen LogP contribution in [0, 0.1) is 18.3 Å². The number of aromatic nitrogens is 1. The van der Waals surface area contributed by atoms with Gasteiger partial charge in [-0.3, -0.25) is 0 Å². The molecule has 1 aromatic heterocycles. The first-order chi connectivity index (χ1) is 8.31. The van der Waals surface area contributed by atoms with Crippen LogP contribution in [0.5, 0.6) is 5.75 Å². The number of nitriles is 1. The number of pyridine rings is 1. The molecular formula is C14H14N2O. The SMILES string of the molecule is Cc1ccc2cccc(OCCCC#N)c2n1. The maximum absolute atomic E-state index is 8.45. The van der Waals surface area contributed by atoms with Crippen LogP contribution >= 0.6 is 0 Å². The molecule has 3 nitrogen and oxygen atoms in total. The number of nitrogens with zero attached hydrogens (tertiary/aromatic N) is 2. The largest absolute Gasteiger partial charge is 0.491 e. The lowest BCUT2D eigenvalue weighted by atomic mass is 10.2. The number of hydrogen-bond donors (Lipinski definition) is 0. The van der Waals surface area contributed by atoms with Crippen LogP contribution in [0.2, 0.25) is 0 Å². The highest BCUT2D eigenvalue weighted by atomic mass is 16.5. The quantitative estimate of drug-likeness (QED) is 0.752. The molecular weight excluding hydrogens is 212 g/mol. The minimum Gasteiger partial charge on any atom is -0.491 e. The van der Waals surface area contributed by atoms with Crippen molar-refractivity contribution in [3.05, 3.63) is 36.0 Å². The lowest BCUT2D eigenvalue weighted by Crippen LogP contribution is -1.98. The van der Waals surface area contributed by atoms with Gasteiger partial charge in [-0.15, -0.1) is 0 Å². The Morgan fingerprint density at radius 3 is 3.00 bits per heavy atom. The molecule has 0 amide bonds. The molecule has 0 unspecified atom stereocenters. The Hall–Kier alpha value is -2.08.